The van der Waals surface area contributed by atoms with Gasteiger partial charge in [-0.3, -0.25) is 9.48 Å². The zero-order valence-electron chi connectivity index (χ0n) is 21.1. The van der Waals surface area contributed by atoms with E-state index in [1.807, 2.05) is 20.0 Å². The van der Waals surface area contributed by atoms with Gasteiger partial charge in [0, 0.05) is 37.3 Å². The lowest BCUT2D eigenvalue weighted by molar-refractivity contribution is 0.0124. The molecule has 0 bridgehead atoms. The first-order chi connectivity index (χ1) is 16.9. The maximum atomic E-state index is 14.6. The molecule has 1 fully saturated rings. The molecule has 12 heteroatoms. The average molecular weight is 499 g/mol. The Morgan fingerprint density at radius 3 is 2.64 bits per heavy atom. The minimum Gasteiger partial charge on any atom is -0.444 e. The number of aromatic nitrogens is 5. The van der Waals surface area contributed by atoms with Crippen molar-refractivity contribution in [3.05, 3.63) is 29.8 Å². The first-order valence-corrected chi connectivity index (χ1v) is 11.8. The van der Waals surface area contributed by atoms with Crippen LogP contribution >= 0.6 is 0 Å². The molecule has 1 saturated heterocycles. The third-order valence-corrected chi connectivity index (χ3v) is 5.79. The average Bonchev–Trinajstić information content (AvgIpc) is 3.18. The summed E-state index contributed by atoms with van der Waals surface area (Å²) in [4.78, 5) is 39.5. The van der Waals surface area contributed by atoms with Crippen LogP contribution in [0, 0.1) is 6.92 Å². The van der Waals surface area contributed by atoms with E-state index in [0.29, 0.717) is 23.6 Å². The molecule has 11 nitrogen and oxygen atoms in total. The van der Waals surface area contributed by atoms with E-state index in [0.717, 1.165) is 11.3 Å². The van der Waals surface area contributed by atoms with Crippen LogP contribution in [0.25, 0.3) is 22.3 Å². The quantitative estimate of drug-likeness (QED) is 0.547. The molecule has 0 saturated carbocycles. The summed E-state index contributed by atoms with van der Waals surface area (Å²) in [5.74, 6) is -0.348. The molecule has 3 aromatic heterocycles. The second-order valence-corrected chi connectivity index (χ2v) is 9.88. The molecule has 0 spiro atoms. The third kappa shape index (κ3) is 5.37. The van der Waals surface area contributed by atoms with Gasteiger partial charge in [-0.2, -0.15) is 5.10 Å². The number of carbonyl (C=O) groups is 2. The highest BCUT2D eigenvalue weighted by molar-refractivity contribution is 6.06. The number of nitrogens with two attached hydrogens (primary N) is 1. The fourth-order valence-corrected chi connectivity index (χ4v) is 4.21. The van der Waals surface area contributed by atoms with Gasteiger partial charge in [0.15, 0.2) is 5.82 Å². The number of alkyl halides is 1. The fourth-order valence-electron chi connectivity index (χ4n) is 4.21. The van der Waals surface area contributed by atoms with Gasteiger partial charge in [0.1, 0.15) is 29.1 Å². The number of nitrogens with one attached hydrogen (secondary N) is 1. The van der Waals surface area contributed by atoms with Crippen LogP contribution in [0.3, 0.4) is 0 Å². The number of hydrogen-bond donors (Lipinski definition) is 2. The third-order valence-electron chi connectivity index (χ3n) is 5.79. The second kappa shape index (κ2) is 9.67. The summed E-state index contributed by atoms with van der Waals surface area (Å²) in [6.07, 6.45) is 1.47. The number of fused-ring (bicyclic) bond motifs is 1. The number of carbonyl (C=O) groups excluding carboxylic acids is 2. The molecule has 192 valence electrons. The molecule has 3 N–H and O–H groups in total. The zero-order valence-corrected chi connectivity index (χ0v) is 21.1. The van der Waals surface area contributed by atoms with Crippen LogP contribution in [0.5, 0.6) is 0 Å². The number of primary amides is 1. The monoisotopic (exact) mass is 498 g/mol. The number of ether oxygens (including phenoxy) is 1. The standard InChI is InChI=1S/C24H31FN8O3/c1-6-33-11-17(13(2)31-33)18-8-16(21(26)34)19-20(30-18)22(28-12-27-19)29-15-7-14(25)9-32(10-15)23(35)36-24(3,4)5/h8,11-12,14-15H,6-7,9-10H2,1-5H3,(H2,26,34)(H,27,28,29)/t14-,15-/m0/s1. The van der Waals surface area contributed by atoms with E-state index >= 15 is 0 Å². The Bertz CT molecular complexity index is 1300. The van der Waals surface area contributed by atoms with Gasteiger partial charge in [-0.05, 0) is 40.7 Å². The van der Waals surface area contributed by atoms with Crippen molar-refractivity contribution in [1.82, 2.24) is 29.6 Å². The Morgan fingerprint density at radius 2 is 2.00 bits per heavy atom. The van der Waals surface area contributed by atoms with Crippen molar-refractivity contribution in [2.24, 2.45) is 5.73 Å². The number of amides is 2. The lowest BCUT2D eigenvalue weighted by Crippen LogP contribution is -2.51. The number of rotatable bonds is 5. The molecular weight excluding hydrogens is 467 g/mol. The van der Waals surface area contributed by atoms with Gasteiger partial charge in [0.25, 0.3) is 5.91 Å². The van der Waals surface area contributed by atoms with Crippen LogP contribution in [0.4, 0.5) is 15.0 Å². The van der Waals surface area contributed by atoms with Gasteiger partial charge in [-0.15, -0.1) is 0 Å². The molecule has 1 aliphatic heterocycles. The van der Waals surface area contributed by atoms with Gasteiger partial charge in [0.2, 0.25) is 0 Å². The summed E-state index contributed by atoms with van der Waals surface area (Å²) in [6, 6.07) is 1.12. The van der Waals surface area contributed by atoms with Crippen LogP contribution < -0.4 is 11.1 Å². The molecule has 2 atom stereocenters. The van der Waals surface area contributed by atoms with Crippen molar-refractivity contribution in [3.63, 3.8) is 0 Å². The van der Waals surface area contributed by atoms with Crippen molar-refractivity contribution in [1.29, 1.82) is 0 Å². The number of piperidine rings is 1. The van der Waals surface area contributed by atoms with Crippen molar-refractivity contribution in [3.8, 4) is 11.3 Å². The first kappa shape index (κ1) is 25.3. The van der Waals surface area contributed by atoms with E-state index in [9.17, 15) is 14.0 Å². The summed E-state index contributed by atoms with van der Waals surface area (Å²) in [7, 11) is 0. The lowest BCUT2D eigenvalue weighted by atomic mass is 10.0. The Labute approximate surface area is 208 Å². The van der Waals surface area contributed by atoms with Crippen molar-refractivity contribution >= 4 is 28.9 Å². The maximum Gasteiger partial charge on any atom is 0.410 e. The molecule has 0 aromatic carbocycles. The van der Waals surface area contributed by atoms with Gasteiger partial charge in [-0.1, -0.05) is 0 Å². The highest BCUT2D eigenvalue weighted by Crippen LogP contribution is 2.29. The van der Waals surface area contributed by atoms with E-state index in [4.69, 9.17) is 15.5 Å². The molecule has 1 aliphatic rings. The number of aryl methyl sites for hydroxylation is 2. The molecule has 36 heavy (non-hydrogen) atoms. The normalized spacial score (nSPS) is 18.3. The Balaban J connectivity index is 1.71. The van der Waals surface area contributed by atoms with Gasteiger partial charge in [-0.25, -0.2) is 24.1 Å². The molecule has 0 radical (unpaired) electrons. The summed E-state index contributed by atoms with van der Waals surface area (Å²) >= 11 is 0. The second-order valence-electron chi connectivity index (χ2n) is 9.88. The topological polar surface area (TPSA) is 141 Å². The molecule has 2 amide bonds. The lowest BCUT2D eigenvalue weighted by Gasteiger charge is -2.36. The first-order valence-electron chi connectivity index (χ1n) is 11.8. The summed E-state index contributed by atoms with van der Waals surface area (Å²) in [5, 5.41) is 7.66. The number of likely N-dealkylation sites (tertiary alicyclic amines) is 1. The predicted octanol–water partition coefficient (Wildman–Crippen LogP) is 3.07. The van der Waals surface area contributed by atoms with E-state index in [1.165, 1.54) is 11.2 Å². The van der Waals surface area contributed by atoms with Crippen LogP contribution in [-0.2, 0) is 11.3 Å². The highest BCUT2D eigenvalue weighted by atomic mass is 19.1. The maximum absolute atomic E-state index is 14.6. The molecule has 3 aromatic rings. The van der Waals surface area contributed by atoms with E-state index < -0.39 is 29.8 Å². The zero-order chi connectivity index (χ0) is 26.2. The molecule has 0 unspecified atom stereocenters. The van der Waals surface area contributed by atoms with E-state index in [2.05, 4.69) is 20.4 Å². The highest BCUT2D eigenvalue weighted by Gasteiger charge is 2.33. The number of hydrogen-bond acceptors (Lipinski definition) is 8. The number of halogens is 1. The van der Waals surface area contributed by atoms with Gasteiger partial charge >= 0.3 is 6.09 Å². The Hall–Kier alpha value is -3.83. The van der Waals surface area contributed by atoms with Crippen LogP contribution in [0.2, 0.25) is 0 Å². The Morgan fingerprint density at radius 1 is 1.25 bits per heavy atom. The minimum absolute atomic E-state index is 0.0491. The SMILES string of the molecule is CCn1cc(-c2cc(C(N)=O)c3ncnc(N[C@H]4C[C@H](F)CN(C(=O)OC(C)(C)C)C4)c3n2)c(C)n1. The van der Waals surface area contributed by atoms with E-state index in [1.54, 1.807) is 31.5 Å². The largest absolute Gasteiger partial charge is 0.444 e. The predicted molar refractivity (Wildman–Crippen MR) is 132 cm³/mol. The number of anilines is 1. The van der Waals surface area contributed by atoms with Gasteiger partial charge in [0.05, 0.1) is 23.5 Å². The molecular formula is C24H31FN8O3. The Kier molecular flexibility index (Phi) is 6.79. The van der Waals surface area contributed by atoms with Crippen LogP contribution in [0.1, 0.15) is 50.2 Å². The number of pyridine rings is 1. The van der Waals surface area contributed by atoms with Crippen molar-refractivity contribution < 1.29 is 18.7 Å². The van der Waals surface area contributed by atoms with Crippen LogP contribution in [-0.4, -0.2) is 72.5 Å². The fraction of sp³-hybridized carbons (Fsp3) is 0.500. The smallest absolute Gasteiger partial charge is 0.410 e. The summed E-state index contributed by atoms with van der Waals surface area (Å²) < 4.78 is 21.8. The number of nitrogens with zero attached hydrogens (tertiary/aromatic N) is 6. The molecule has 4 heterocycles. The van der Waals surface area contributed by atoms with Crippen molar-refractivity contribution in [2.75, 3.05) is 18.4 Å². The van der Waals surface area contributed by atoms with Crippen molar-refractivity contribution in [2.45, 2.75) is 65.4 Å². The summed E-state index contributed by atoms with van der Waals surface area (Å²) in [5.41, 5.74) is 7.74. The van der Waals surface area contributed by atoms with E-state index in [-0.39, 0.29) is 30.6 Å². The van der Waals surface area contributed by atoms with Crippen LogP contribution in [0.15, 0.2) is 18.6 Å². The van der Waals surface area contributed by atoms with Gasteiger partial charge < -0.3 is 20.7 Å². The minimum atomic E-state index is -1.25. The molecule has 0 aliphatic carbocycles. The summed E-state index contributed by atoms with van der Waals surface area (Å²) in [6.45, 7) is 9.94. The molecule has 4 rings (SSSR count).